The SMILES string of the molecule is COC(CN)CN1CC2CCCC2C1. The summed E-state index contributed by atoms with van der Waals surface area (Å²) in [6.07, 6.45) is 4.57. The first-order valence-corrected chi connectivity index (χ1v) is 5.78. The third-order valence-electron chi connectivity index (χ3n) is 3.86. The third-order valence-corrected chi connectivity index (χ3v) is 3.86. The van der Waals surface area contributed by atoms with Crippen molar-refractivity contribution in [2.75, 3.05) is 33.3 Å². The van der Waals surface area contributed by atoms with Crippen LogP contribution in [0.1, 0.15) is 19.3 Å². The molecule has 2 rings (SSSR count). The van der Waals surface area contributed by atoms with Crippen molar-refractivity contribution in [1.29, 1.82) is 0 Å². The van der Waals surface area contributed by atoms with Crippen molar-refractivity contribution in [2.24, 2.45) is 17.6 Å². The maximum Gasteiger partial charge on any atom is 0.0820 e. The molecule has 0 aromatic carbocycles. The molecule has 2 aliphatic rings. The molecule has 3 unspecified atom stereocenters. The highest BCUT2D eigenvalue weighted by Gasteiger charge is 2.36. The minimum Gasteiger partial charge on any atom is -0.379 e. The minimum absolute atomic E-state index is 0.230. The average Bonchev–Trinajstić information content (AvgIpc) is 2.73. The van der Waals surface area contributed by atoms with E-state index in [0.717, 1.165) is 18.4 Å². The fraction of sp³-hybridized carbons (Fsp3) is 1.00. The number of nitrogens with zero attached hydrogens (tertiary/aromatic N) is 1. The van der Waals surface area contributed by atoms with Gasteiger partial charge < -0.3 is 15.4 Å². The van der Waals surface area contributed by atoms with Crippen LogP contribution in [0.2, 0.25) is 0 Å². The Morgan fingerprint density at radius 3 is 2.50 bits per heavy atom. The normalized spacial score (nSPS) is 34.7. The Morgan fingerprint density at radius 1 is 1.36 bits per heavy atom. The number of methoxy groups -OCH3 is 1. The van der Waals surface area contributed by atoms with Crippen molar-refractivity contribution in [3.63, 3.8) is 0 Å². The number of nitrogens with two attached hydrogens (primary N) is 1. The fourth-order valence-electron chi connectivity index (χ4n) is 3.01. The topological polar surface area (TPSA) is 38.5 Å². The molecule has 0 spiro atoms. The maximum atomic E-state index is 5.63. The first-order valence-electron chi connectivity index (χ1n) is 5.78. The summed E-state index contributed by atoms with van der Waals surface area (Å²) in [4.78, 5) is 2.54. The summed E-state index contributed by atoms with van der Waals surface area (Å²) < 4.78 is 5.32. The quantitative estimate of drug-likeness (QED) is 0.722. The van der Waals surface area contributed by atoms with Crippen LogP contribution in [-0.4, -0.2) is 44.3 Å². The fourth-order valence-corrected chi connectivity index (χ4v) is 3.01. The lowest BCUT2D eigenvalue weighted by atomic mass is 10.0. The molecule has 3 nitrogen and oxygen atoms in total. The van der Waals surface area contributed by atoms with Crippen molar-refractivity contribution in [3.8, 4) is 0 Å². The molecule has 2 fully saturated rings. The highest BCUT2D eigenvalue weighted by Crippen LogP contribution is 2.37. The van der Waals surface area contributed by atoms with Crippen LogP contribution in [0.25, 0.3) is 0 Å². The number of hydrogen-bond acceptors (Lipinski definition) is 3. The predicted octanol–water partition coefficient (Wildman–Crippen LogP) is 0.692. The van der Waals surface area contributed by atoms with Gasteiger partial charge in [0.25, 0.3) is 0 Å². The molecule has 82 valence electrons. The maximum absolute atomic E-state index is 5.63. The van der Waals surface area contributed by atoms with E-state index in [2.05, 4.69) is 4.90 Å². The largest absolute Gasteiger partial charge is 0.379 e. The molecule has 3 heteroatoms. The highest BCUT2D eigenvalue weighted by molar-refractivity contribution is 4.89. The van der Waals surface area contributed by atoms with E-state index in [-0.39, 0.29) is 6.10 Å². The van der Waals surface area contributed by atoms with Gasteiger partial charge in [0.05, 0.1) is 6.10 Å². The molecule has 2 N–H and O–H groups in total. The van der Waals surface area contributed by atoms with Crippen molar-refractivity contribution < 1.29 is 4.74 Å². The molecule has 0 radical (unpaired) electrons. The van der Waals surface area contributed by atoms with Gasteiger partial charge in [0, 0.05) is 33.3 Å². The summed E-state index contributed by atoms with van der Waals surface area (Å²) in [6, 6.07) is 0. The van der Waals surface area contributed by atoms with E-state index in [0.29, 0.717) is 6.54 Å². The van der Waals surface area contributed by atoms with E-state index >= 15 is 0 Å². The van der Waals surface area contributed by atoms with E-state index in [1.807, 2.05) is 0 Å². The van der Waals surface area contributed by atoms with Crippen molar-refractivity contribution in [2.45, 2.75) is 25.4 Å². The van der Waals surface area contributed by atoms with Gasteiger partial charge in [0.2, 0.25) is 0 Å². The lowest BCUT2D eigenvalue weighted by Crippen LogP contribution is -2.36. The standard InChI is InChI=1S/C11H22N2O/c1-14-11(5-12)8-13-6-9-3-2-4-10(9)7-13/h9-11H,2-8,12H2,1H3. The molecule has 0 amide bonds. The second-order valence-corrected chi connectivity index (χ2v) is 4.76. The monoisotopic (exact) mass is 198 g/mol. The number of likely N-dealkylation sites (tertiary alicyclic amines) is 1. The summed E-state index contributed by atoms with van der Waals surface area (Å²) >= 11 is 0. The molecule has 0 aromatic rings. The Morgan fingerprint density at radius 2 is 2.00 bits per heavy atom. The number of hydrogen-bond donors (Lipinski definition) is 1. The van der Waals surface area contributed by atoms with Gasteiger partial charge in [-0.05, 0) is 24.7 Å². The molecule has 1 saturated heterocycles. The smallest absolute Gasteiger partial charge is 0.0820 e. The average molecular weight is 198 g/mol. The third kappa shape index (κ3) is 2.10. The van der Waals surface area contributed by atoms with Crippen molar-refractivity contribution in [3.05, 3.63) is 0 Å². The second-order valence-electron chi connectivity index (χ2n) is 4.76. The Hall–Kier alpha value is -0.120. The molecule has 0 aromatic heterocycles. The van der Waals surface area contributed by atoms with Crippen LogP contribution in [-0.2, 0) is 4.74 Å². The van der Waals surface area contributed by atoms with Gasteiger partial charge in [0.1, 0.15) is 0 Å². The van der Waals surface area contributed by atoms with Gasteiger partial charge in [-0.15, -0.1) is 0 Å². The van der Waals surface area contributed by atoms with Gasteiger partial charge in [-0.2, -0.15) is 0 Å². The zero-order valence-corrected chi connectivity index (χ0v) is 9.11. The Balaban J connectivity index is 1.78. The number of rotatable bonds is 4. The predicted molar refractivity (Wildman–Crippen MR) is 57.1 cm³/mol. The first kappa shape index (κ1) is 10.4. The molecule has 1 saturated carbocycles. The van der Waals surface area contributed by atoms with Crippen LogP contribution >= 0.6 is 0 Å². The van der Waals surface area contributed by atoms with Crippen LogP contribution in [0.4, 0.5) is 0 Å². The van der Waals surface area contributed by atoms with E-state index < -0.39 is 0 Å². The molecule has 14 heavy (non-hydrogen) atoms. The van der Waals surface area contributed by atoms with Crippen LogP contribution < -0.4 is 5.73 Å². The first-order chi connectivity index (χ1) is 6.83. The van der Waals surface area contributed by atoms with Gasteiger partial charge in [0.15, 0.2) is 0 Å². The summed E-state index contributed by atoms with van der Waals surface area (Å²) in [5, 5.41) is 0. The summed E-state index contributed by atoms with van der Waals surface area (Å²) in [5.41, 5.74) is 5.63. The van der Waals surface area contributed by atoms with E-state index in [4.69, 9.17) is 10.5 Å². The number of ether oxygens (including phenoxy) is 1. The molecule has 1 heterocycles. The van der Waals surface area contributed by atoms with Crippen LogP contribution in [0.15, 0.2) is 0 Å². The zero-order valence-electron chi connectivity index (χ0n) is 9.11. The summed E-state index contributed by atoms with van der Waals surface area (Å²) in [7, 11) is 1.76. The van der Waals surface area contributed by atoms with E-state index in [9.17, 15) is 0 Å². The van der Waals surface area contributed by atoms with Gasteiger partial charge in [-0.1, -0.05) is 6.42 Å². The molecular formula is C11H22N2O. The zero-order chi connectivity index (χ0) is 9.97. The van der Waals surface area contributed by atoms with E-state index in [1.54, 1.807) is 7.11 Å². The lowest BCUT2D eigenvalue weighted by Gasteiger charge is -2.22. The molecule has 0 bridgehead atoms. The summed E-state index contributed by atoms with van der Waals surface area (Å²) in [6.45, 7) is 4.23. The van der Waals surface area contributed by atoms with Crippen LogP contribution in [0.3, 0.4) is 0 Å². The Labute approximate surface area is 86.6 Å². The van der Waals surface area contributed by atoms with Crippen molar-refractivity contribution >= 4 is 0 Å². The second kappa shape index (κ2) is 4.60. The minimum atomic E-state index is 0.230. The Bertz CT molecular complexity index is 170. The molecule has 1 aliphatic heterocycles. The molecular weight excluding hydrogens is 176 g/mol. The van der Waals surface area contributed by atoms with Gasteiger partial charge >= 0.3 is 0 Å². The van der Waals surface area contributed by atoms with E-state index in [1.165, 1.54) is 32.4 Å². The van der Waals surface area contributed by atoms with Gasteiger partial charge in [-0.25, -0.2) is 0 Å². The summed E-state index contributed by atoms with van der Waals surface area (Å²) in [5.74, 6) is 1.95. The Kier molecular flexibility index (Phi) is 3.42. The lowest BCUT2D eigenvalue weighted by molar-refractivity contribution is 0.0751. The molecule has 3 atom stereocenters. The van der Waals surface area contributed by atoms with Crippen molar-refractivity contribution in [1.82, 2.24) is 4.90 Å². The van der Waals surface area contributed by atoms with Crippen LogP contribution in [0, 0.1) is 11.8 Å². The number of fused-ring (bicyclic) bond motifs is 1. The molecule has 1 aliphatic carbocycles. The highest BCUT2D eigenvalue weighted by atomic mass is 16.5. The van der Waals surface area contributed by atoms with Crippen LogP contribution in [0.5, 0.6) is 0 Å². The van der Waals surface area contributed by atoms with Gasteiger partial charge in [-0.3, -0.25) is 0 Å².